The summed E-state index contributed by atoms with van der Waals surface area (Å²) in [6.07, 6.45) is 0. The van der Waals surface area contributed by atoms with Crippen LogP contribution in [-0.2, 0) is 0 Å². The third-order valence-electron chi connectivity index (χ3n) is 11.3. The summed E-state index contributed by atoms with van der Waals surface area (Å²) in [6, 6.07) is 79.4. The van der Waals surface area contributed by atoms with Crippen LogP contribution < -0.4 is 0 Å². The first kappa shape index (κ1) is 32.0. The number of para-hydroxylation sites is 3. The first-order chi connectivity index (χ1) is 27.8. The first-order valence-corrected chi connectivity index (χ1v) is 19.3. The summed E-state index contributed by atoms with van der Waals surface area (Å²) in [6.45, 7) is 0. The first-order valence-electron chi connectivity index (χ1n) is 19.3. The molecule has 9 aromatic carbocycles. The van der Waals surface area contributed by atoms with Gasteiger partial charge in [-0.1, -0.05) is 164 Å². The van der Waals surface area contributed by atoms with Crippen molar-refractivity contribution in [3.63, 3.8) is 0 Å². The van der Waals surface area contributed by atoms with Gasteiger partial charge in [-0.05, 0) is 93.5 Å². The average Bonchev–Trinajstić information content (AvgIpc) is 3.79. The van der Waals surface area contributed by atoms with Crippen LogP contribution in [0, 0.1) is 0 Å². The second kappa shape index (κ2) is 13.2. The largest absolute Gasteiger partial charge is 0.309 e. The molecule has 0 aliphatic heterocycles. The van der Waals surface area contributed by atoms with Crippen molar-refractivity contribution in [3.05, 3.63) is 218 Å². The molecule has 11 rings (SSSR count). The van der Waals surface area contributed by atoms with Crippen molar-refractivity contribution in [1.82, 2.24) is 9.13 Å². The molecule has 2 aromatic heterocycles. The molecule has 0 spiro atoms. The van der Waals surface area contributed by atoms with Gasteiger partial charge in [0, 0.05) is 32.8 Å². The van der Waals surface area contributed by atoms with Gasteiger partial charge in [0.2, 0.25) is 0 Å². The minimum Gasteiger partial charge on any atom is -0.309 e. The monoisotopic (exact) mass is 712 g/mol. The Balaban J connectivity index is 1.07. The molecule has 0 unspecified atom stereocenters. The van der Waals surface area contributed by atoms with E-state index in [1.165, 1.54) is 93.8 Å². The predicted octanol–water partition coefficient (Wildman–Crippen LogP) is 14.5. The zero-order chi connectivity index (χ0) is 37.0. The van der Waals surface area contributed by atoms with E-state index in [4.69, 9.17) is 0 Å². The minimum absolute atomic E-state index is 1.15. The fourth-order valence-electron chi connectivity index (χ4n) is 8.71. The highest BCUT2D eigenvalue weighted by molar-refractivity contribution is 6.12. The maximum absolute atomic E-state index is 2.44. The smallest absolute Gasteiger partial charge is 0.0547 e. The molecule has 0 bridgehead atoms. The Hall–Kier alpha value is -7.42. The van der Waals surface area contributed by atoms with Crippen molar-refractivity contribution in [2.24, 2.45) is 0 Å². The van der Waals surface area contributed by atoms with Gasteiger partial charge in [0.05, 0.1) is 27.8 Å². The number of hydrogen-bond acceptors (Lipinski definition) is 0. The molecule has 56 heavy (non-hydrogen) atoms. The Labute approximate surface area is 325 Å². The highest BCUT2D eigenvalue weighted by Crippen LogP contribution is 2.40. The predicted molar refractivity (Wildman–Crippen MR) is 237 cm³/mol. The van der Waals surface area contributed by atoms with Gasteiger partial charge in [0.25, 0.3) is 0 Å². The van der Waals surface area contributed by atoms with Crippen molar-refractivity contribution in [1.29, 1.82) is 0 Å². The second-order valence-electron chi connectivity index (χ2n) is 14.5. The number of hydrogen-bond donors (Lipinski definition) is 0. The van der Waals surface area contributed by atoms with Crippen molar-refractivity contribution in [3.8, 4) is 55.9 Å². The summed E-state index contributed by atoms with van der Waals surface area (Å²) in [5.41, 5.74) is 16.7. The van der Waals surface area contributed by atoms with E-state index in [1.807, 2.05) is 0 Å². The van der Waals surface area contributed by atoms with E-state index < -0.39 is 0 Å². The Morgan fingerprint density at radius 2 is 0.732 bits per heavy atom. The highest BCUT2D eigenvalue weighted by atomic mass is 15.0. The molecule has 0 N–H and O–H groups in total. The van der Waals surface area contributed by atoms with Crippen molar-refractivity contribution < 1.29 is 0 Å². The molecule has 0 radical (unpaired) electrons. The van der Waals surface area contributed by atoms with Gasteiger partial charge >= 0.3 is 0 Å². The lowest BCUT2D eigenvalue weighted by molar-refractivity contribution is 1.18. The Morgan fingerprint density at radius 1 is 0.232 bits per heavy atom. The third kappa shape index (κ3) is 5.26. The van der Waals surface area contributed by atoms with Crippen LogP contribution in [0.15, 0.2) is 218 Å². The SMILES string of the molecule is c1ccc(-c2cccc(-c3ccccc3-n3c4ccccc4c4cc(-c5ccc6c7ccccc7n(-c7cccc(-c8ccccc8)c7)c6c5)ccc43)c2)cc1. The van der Waals surface area contributed by atoms with Crippen molar-refractivity contribution in [2.45, 2.75) is 0 Å². The fraction of sp³-hybridized carbons (Fsp3) is 0. The van der Waals surface area contributed by atoms with Crippen molar-refractivity contribution >= 4 is 43.6 Å². The quantitative estimate of drug-likeness (QED) is 0.162. The van der Waals surface area contributed by atoms with Crippen LogP contribution in [0.1, 0.15) is 0 Å². The van der Waals surface area contributed by atoms with Gasteiger partial charge in [-0.3, -0.25) is 0 Å². The minimum atomic E-state index is 1.15. The summed E-state index contributed by atoms with van der Waals surface area (Å²) in [7, 11) is 0. The lowest BCUT2D eigenvalue weighted by Gasteiger charge is -2.15. The van der Waals surface area contributed by atoms with Crippen LogP contribution in [0.25, 0.3) is 99.5 Å². The number of benzene rings is 9. The van der Waals surface area contributed by atoms with E-state index in [9.17, 15) is 0 Å². The van der Waals surface area contributed by atoms with Gasteiger partial charge in [-0.2, -0.15) is 0 Å². The summed E-state index contributed by atoms with van der Waals surface area (Å²) in [5, 5.41) is 4.98. The van der Waals surface area contributed by atoms with Gasteiger partial charge < -0.3 is 9.13 Å². The summed E-state index contributed by atoms with van der Waals surface area (Å²) < 4.78 is 4.87. The van der Waals surface area contributed by atoms with E-state index in [0.29, 0.717) is 0 Å². The maximum atomic E-state index is 2.44. The molecular weight excluding hydrogens is 677 g/mol. The van der Waals surface area contributed by atoms with E-state index >= 15 is 0 Å². The lowest BCUT2D eigenvalue weighted by Crippen LogP contribution is -1.97. The van der Waals surface area contributed by atoms with Crippen LogP contribution in [0.5, 0.6) is 0 Å². The van der Waals surface area contributed by atoms with Crippen LogP contribution in [-0.4, -0.2) is 9.13 Å². The zero-order valence-corrected chi connectivity index (χ0v) is 30.7. The average molecular weight is 713 g/mol. The number of nitrogens with zero attached hydrogens (tertiary/aromatic N) is 2. The van der Waals surface area contributed by atoms with Crippen LogP contribution in [0.4, 0.5) is 0 Å². The number of rotatable bonds is 6. The van der Waals surface area contributed by atoms with E-state index in [1.54, 1.807) is 0 Å². The topological polar surface area (TPSA) is 9.86 Å². The van der Waals surface area contributed by atoms with Crippen molar-refractivity contribution in [2.75, 3.05) is 0 Å². The van der Waals surface area contributed by atoms with Gasteiger partial charge in [0.1, 0.15) is 0 Å². The fourth-order valence-corrected chi connectivity index (χ4v) is 8.71. The van der Waals surface area contributed by atoms with Crippen LogP contribution in [0.3, 0.4) is 0 Å². The molecule has 0 aliphatic rings. The third-order valence-corrected chi connectivity index (χ3v) is 11.3. The second-order valence-corrected chi connectivity index (χ2v) is 14.5. The van der Waals surface area contributed by atoms with Gasteiger partial charge in [0.15, 0.2) is 0 Å². The Bertz CT molecular complexity index is 3240. The summed E-state index contributed by atoms with van der Waals surface area (Å²) >= 11 is 0. The Morgan fingerprint density at radius 3 is 1.50 bits per heavy atom. The zero-order valence-electron chi connectivity index (χ0n) is 30.7. The molecule has 0 saturated heterocycles. The number of fused-ring (bicyclic) bond motifs is 6. The molecule has 2 heterocycles. The molecule has 262 valence electrons. The molecule has 0 amide bonds. The van der Waals surface area contributed by atoms with E-state index in [0.717, 1.165) is 5.69 Å². The van der Waals surface area contributed by atoms with E-state index in [2.05, 4.69) is 228 Å². The summed E-state index contributed by atoms with van der Waals surface area (Å²) in [5.74, 6) is 0. The number of aromatic nitrogens is 2. The highest BCUT2D eigenvalue weighted by Gasteiger charge is 2.18. The van der Waals surface area contributed by atoms with Gasteiger partial charge in [-0.15, -0.1) is 0 Å². The molecule has 0 aliphatic carbocycles. The van der Waals surface area contributed by atoms with Gasteiger partial charge in [-0.25, -0.2) is 0 Å². The van der Waals surface area contributed by atoms with Crippen LogP contribution >= 0.6 is 0 Å². The normalized spacial score (nSPS) is 11.6. The van der Waals surface area contributed by atoms with E-state index in [-0.39, 0.29) is 0 Å². The lowest BCUT2D eigenvalue weighted by atomic mass is 9.98. The standard InChI is InChI=1S/C54H36N2/c1-3-15-37(16-4-1)39-19-13-21-43(33-39)45-23-7-10-26-50(45)56-52-28-12-9-25-47(52)49-35-41(30-32-53(49)56)42-29-31-48-46-24-8-11-27-51(46)55(54(48)36-42)44-22-14-20-40(34-44)38-17-5-2-6-18-38/h1-36H. The molecule has 2 heteroatoms. The summed E-state index contributed by atoms with van der Waals surface area (Å²) in [4.78, 5) is 0. The molecule has 2 nitrogen and oxygen atoms in total. The molecular formula is C54H36N2. The van der Waals surface area contributed by atoms with Crippen LogP contribution in [0.2, 0.25) is 0 Å². The Kier molecular flexibility index (Phi) is 7.53. The molecule has 11 aromatic rings. The molecule has 0 saturated carbocycles. The molecule has 0 atom stereocenters. The maximum Gasteiger partial charge on any atom is 0.0547 e. The molecule has 0 fully saturated rings.